The van der Waals surface area contributed by atoms with Crippen LogP contribution in [0.5, 0.6) is 5.75 Å². The van der Waals surface area contributed by atoms with Crippen LogP contribution in [0.1, 0.15) is 18.9 Å². The van der Waals surface area contributed by atoms with Gasteiger partial charge in [0.15, 0.2) is 5.69 Å². The smallest absolute Gasteiger partial charge is 0.278 e. The van der Waals surface area contributed by atoms with Crippen LogP contribution >= 0.6 is 12.4 Å². The molecule has 7 nitrogen and oxygen atoms in total. The summed E-state index contributed by atoms with van der Waals surface area (Å²) in [5.41, 5.74) is 1.58. The first kappa shape index (κ1) is 17.4. The largest absolute Gasteiger partial charge is 0.497 e. The number of halogens is 1. The van der Waals surface area contributed by atoms with Gasteiger partial charge in [-0.05, 0) is 49.7 Å². The Morgan fingerprint density at radius 2 is 2.08 bits per heavy atom. The quantitative estimate of drug-likeness (QED) is 0.769. The van der Waals surface area contributed by atoms with Crippen LogP contribution in [0.2, 0.25) is 0 Å². The first-order chi connectivity index (χ1) is 11.8. The molecule has 0 radical (unpaired) electrons. The Kier molecular flexibility index (Phi) is 5.35. The van der Waals surface area contributed by atoms with Gasteiger partial charge in [-0.1, -0.05) is 5.16 Å². The van der Waals surface area contributed by atoms with Crippen molar-refractivity contribution in [3.05, 3.63) is 36.5 Å². The van der Waals surface area contributed by atoms with E-state index < -0.39 is 0 Å². The van der Waals surface area contributed by atoms with E-state index in [-0.39, 0.29) is 12.4 Å². The minimum atomic E-state index is 0. The lowest BCUT2D eigenvalue weighted by Gasteiger charge is -2.22. The van der Waals surface area contributed by atoms with Gasteiger partial charge in [-0.3, -0.25) is 4.68 Å². The van der Waals surface area contributed by atoms with Crippen molar-refractivity contribution in [3.63, 3.8) is 0 Å². The first-order valence-electron chi connectivity index (χ1n) is 8.08. The van der Waals surface area contributed by atoms with Crippen molar-refractivity contribution in [1.29, 1.82) is 0 Å². The van der Waals surface area contributed by atoms with E-state index in [0.29, 0.717) is 23.5 Å². The van der Waals surface area contributed by atoms with E-state index in [9.17, 15) is 0 Å². The first-order valence-corrected chi connectivity index (χ1v) is 8.08. The molecule has 1 unspecified atom stereocenters. The summed E-state index contributed by atoms with van der Waals surface area (Å²) >= 11 is 0. The molecule has 0 spiro atoms. The van der Waals surface area contributed by atoms with Gasteiger partial charge in [-0.15, -0.1) is 12.4 Å². The Morgan fingerprint density at radius 1 is 1.24 bits per heavy atom. The molecule has 1 saturated heterocycles. The molecular weight excluding hydrogens is 342 g/mol. The fourth-order valence-electron chi connectivity index (χ4n) is 2.90. The lowest BCUT2D eigenvalue weighted by molar-refractivity contribution is 0.346. The predicted octanol–water partition coefficient (Wildman–Crippen LogP) is 2.96. The van der Waals surface area contributed by atoms with Crippen molar-refractivity contribution in [3.8, 4) is 28.7 Å². The Morgan fingerprint density at radius 3 is 2.80 bits per heavy atom. The fourth-order valence-corrected chi connectivity index (χ4v) is 2.90. The highest BCUT2D eigenvalue weighted by Gasteiger charge is 2.18. The van der Waals surface area contributed by atoms with Crippen molar-refractivity contribution in [1.82, 2.24) is 25.2 Å². The number of methoxy groups -OCH3 is 1. The molecule has 1 N–H and O–H groups in total. The van der Waals surface area contributed by atoms with Gasteiger partial charge in [0.25, 0.3) is 5.89 Å². The second kappa shape index (κ2) is 7.67. The van der Waals surface area contributed by atoms with E-state index in [2.05, 4.69) is 20.6 Å². The van der Waals surface area contributed by atoms with E-state index in [1.54, 1.807) is 7.11 Å². The Balaban J connectivity index is 0.00000182. The number of hydrogen-bond acceptors (Lipinski definition) is 6. The molecule has 1 fully saturated rings. The van der Waals surface area contributed by atoms with Crippen LogP contribution in [0.15, 0.2) is 41.1 Å². The van der Waals surface area contributed by atoms with Gasteiger partial charge >= 0.3 is 0 Å². The van der Waals surface area contributed by atoms with Gasteiger partial charge < -0.3 is 14.6 Å². The zero-order valence-electron chi connectivity index (χ0n) is 13.9. The molecule has 1 aliphatic heterocycles. The van der Waals surface area contributed by atoms with E-state index in [1.165, 1.54) is 6.42 Å². The summed E-state index contributed by atoms with van der Waals surface area (Å²) in [6.45, 7) is 2.03. The molecular formula is C17H20ClN5O2. The highest BCUT2D eigenvalue weighted by Crippen LogP contribution is 2.24. The van der Waals surface area contributed by atoms with Crippen LogP contribution in [0.4, 0.5) is 0 Å². The molecule has 2 aromatic heterocycles. The molecule has 1 aromatic carbocycles. The average Bonchev–Trinajstić information content (AvgIpc) is 3.32. The molecule has 0 bridgehead atoms. The molecule has 8 heteroatoms. The maximum Gasteiger partial charge on any atom is 0.278 e. The normalized spacial score (nSPS) is 17.1. The number of ether oxygens (including phenoxy) is 1. The van der Waals surface area contributed by atoms with Gasteiger partial charge in [0.2, 0.25) is 5.82 Å². The average molecular weight is 362 g/mol. The summed E-state index contributed by atoms with van der Waals surface area (Å²) in [7, 11) is 1.64. The molecule has 4 rings (SSSR count). The highest BCUT2D eigenvalue weighted by atomic mass is 35.5. The lowest BCUT2D eigenvalue weighted by Crippen LogP contribution is -2.31. The van der Waals surface area contributed by atoms with Crippen LogP contribution in [-0.2, 0) is 0 Å². The summed E-state index contributed by atoms with van der Waals surface area (Å²) in [6, 6.07) is 9.85. The minimum absolute atomic E-state index is 0. The van der Waals surface area contributed by atoms with Crippen molar-refractivity contribution >= 4 is 12.4 Å². The topological polar surface area (TPSA) is 78.0 Å². The third-order valence-electron chi connectivity index (χ3n) is 4.25. The minimum Gasteiger partial charge on any atom is -0.497 e. The highest BCUT2D eigenvalue weighted by molar-refractivity contribution is 5.85. The van der Waals surface area contributed by atoms with E-state index >= 15 is 0 Å². The van der Waals surface area contributed by atoms with Crippen molar-refractivity contribution in [2.24, 2.45) is 0 Å². The van der Waals surface area contributed by atoms with E-state index in [4.69, 9.17) is 9.26 Å². The molecule has 3 heterocycles. The van der Waals surface area contributed by atoms with Gasteiger partial charge in [0.1, 0.15) is 5.75 Å². The van der Waals surface area contributed by atoms with Crippen LogP contribution in [-0.4, -0.2) is 40.1 Å². The number of aromatic nitrogens is 4. The molecule has 0 amide bonds. The van der Waals surface area contributed by atoms with Gasteiger partial charge in [0.05, 0.1) is 13.2 Å². The van der Waals surface area contributed by atoms with E-state index in [1.807, 2.05) is 41.2 Å². The molecule has 3 aromatic rings. The zero-order chi connectivity index (χ0) is 16.4. The number of hydrogen-bond donors (Lipinski definition) is 1. The second-order valence-electron chi connectivity index (χ2n) is 5.83. The summed E-state index contributed by atoms with van der Waals surface area (Å²) < 4.78 is 12.5. The summed E-state index contributed by atoms with van der Waals surface area (Å²) in [5.74, 6) is 1.77. The van der Waals surface area contributed by atoms with Crippen LogP contribution in [0, 0.1) is 0 Å². The van der Waals surface area contributed by atoms with Crippen molar-refractivity contribution < 1.29 is 9.26 Å². The summed E-state index contributed by atoms with van der Waals surface area (Å²) in [4.78, 5) is 4.45. The lowest BCUT2D eigenvalue weighted by atomic mass is 10.1. The molecule has 0 saturated carbocycles. The molecule has 25 heavy (non-hydrogen) atoms. The van der Waals surface area contributed by atoms with Crippen molar-refractivity contribution in [2.45, 2.75) is 18.9 Å². The number of nitrogens with zero attached hydrogens (tertiary/aromatic N) is 4. The summed E-state index contributed by atoms with van der Waals surface area (Å²) in [5, 5.41) is 12.0. The van der Waals surface area contributed by atoms with E-state index in [0.717, 1.165) is 30.8 Å². The standard InChI is InChI=1S/C17H19N5O2.ClH/c1-23-14-6-4-12(5-7-14)16-19-17(24-21-16)15-8-10-22(20-15)13-3-2-9-18-11-13;/h4-8,10,13,18H,2-3,9,11H2,1H3;1H. The third-order valence-corrected chi connectivity index (χ3v) is 4.25. The van der Waals surface area contributed by atoms with Gasteiger partial charge in [-0.2, -0.15) is 10.1 Å². The Hall–Kier alpha value is -2.38. The number of nitrogens with one attached hydrogen (secondary N) is 1. The molecule has 1 atom stereocenters. The second-order valence-corrected chi connectivity index (χ2v) is 5.83. The van der Waals surface area contributed by atoms with Gasteiger partial charge in [0, 0.05) is 18.3 Å². The maximum absolute atomic E-state index is 5.38. The molecule has 132 valence electrons. The predicted molar refractivity (Wildman–Crippen MR) is 95.9 cm³/mol. The zero-order valence-corrected chi connectivity index (χ0v) is 14.7. The fraction of sp³-hybridized carbons (Fsp3) is 0.353. The molecule has 0 aliphatic carbocycles. The monoisotopic (exact) mass is 361 g/mol. The molecule has 1 aliphatic rings. The van der Waals surface area contributed by atoms with Crippen molar-refractivity contribution in [2.75, 3.05) is 20.2 Å². The third kappa shape index (κ3) is 3.67. The van der Waals surface area contributed by atoms with Crippen LogP contribution < -0.4 is 10.1 Å². The maximum atomic E-state index is 5.38. The summed E-state index contributed by atoms with van der Waals surface area (Å²) in [6.07, 6.45) is 4.28. The number of piperidine rings is 1. The SMILES string of the molecule is COc1ccc(-c2noc(-c3ccn(C4CCCNC4)n3)n2)cc1.Cl. The van der Waals surface area contributed by atoms with Crippen LogP contribution in [0.3, 0.4) is 0 Å². The van der Waals surface area contributed by atoms with Crippen LogP contribution in [0.25, 0.3) is 23.0 Å². The Labute approximate surface area is 151 Å². The number of rotatable bonds is 4. The number of benzene rings is 1. The van der Waals surface area contributed by atoms with Gasteiger partial charge in [-0.25, -0.2) is 0 Å². The Bertz CT molecular complexity index is 809.